The first kappa shape index (κ1) is 13.4. The highest BCUT2D eigenvalue weighted by molar-refractivity contribution is 5.69. The Kier molecular flexibility index (Phi) is 4.87. The van der Waals surface area contributed by atoms with Crippen LogP contribution in [0.2, 0.25) is 0 Å². The monoisotopic (exact) mass is 237 g/mol. The number of anilines is 1. The van der Waals surface area contributed by atoms with Gasteiger partial charge in [-0.15, -0.1) is 0 Å². The van der Waals surface area contributed by atoms with Crippen molar-refractivity contribution in [1.29, 1.82) is 0 Å². The van der Waals surface area contributed by atoms with Gasteiger partial charge in [0.15, 0.2) is 0 Å². The lowest BCUT2D eigenvalue weighted by atomic mass is 10.1. The molecule has 0 saturated heterocycles. The molecule has 1 aromatic heterocycles. The van der Waals surface area contributed by atoms with E-state index in [1.165, 1.54) is 0 Å². The lowest BCUT2D eigenvalue weighted by Crippen LogP contribution is -2.12. The number of nitrogens with one attached hydrogen (secondary N) is 1. The van der Waals surface area contributed by atoms with Gasteiger partial charge in [0, 0.05) is 17.9 Å². The van der Waals surface area contributed by atoms with Gasteiger partial charge in [-0.2, -0.15) is 0 Å². The molecule has 0 aromatic carbocycles. The molecule has 0 aliphatic carbocycles. The van der Waals surface area contributed by atoms with Crippen molar-refractivity contribution in [1.82, 2.24) is 9.97 Å². The van der Waals surface area contributed by atoms with Crippen LogP contribution in [0.25, 0.3) is 0 Å². The number of carboxylic acids is 1. The second kappa shape index (κ2) is 6.18. The zero-order valence-electron chi connectivity index (χ0n) is 10.5. The summed E-state index contributed by atoms with van der Waals surface area (Å²) in [6, 6.07) is 1.91. The molecule has 1 atom stereocenters. The minimum absolute atomic E-state index is 0.294. The van der Waals surface area contributed by atoms with Crippen LogP contribution in [0.5, 0.6) is 0 Å². The van der Waals surface area contributed by atoms with Crippen LogP contribution in [0.4, 0.5) is 5.95 Å². The molecule has 0 amide bonds. The normalized spacial score (nSPS) is 12.2. The van der Waals surface area contributed by atoms with Crippen LogP contribution in [0.3, 0.4) is 0 Å². The van der Waals surface area contributed by atoms with E-state index in [2.05, 4.69) is 15.3 Å². The summed E-state index contributed by atoms with van der Waals surface area (Å²) in [5, 5.41) is 11.8. The largest absolute Gasteiger partial charge is 0.481 e. The van der Waals surface area contributed by atoms with Crippen LogP contribution in [-0.4, -0.2) is 27.6 Å². The van der Waals surface area contributed by atoms with Crippen molar-refractivity contribution in [2.75, 3.05) is 11.9 Å². The molecule has 1 aromatic rings. The summed E-state index contributed by atoms with van der Waals surface area (Å²) in [6.45, 7) is 6.26. The van der Waals surface area contributed by atoms with E-state index in [0.29, 0.717) is 18.9 Å². The molecule has 1 unspecified atom stereocenters. The van der Waals surface area contributed by atoms with Crippen molar-refractivity contribution in [3.8, 4) is 0 Å². The average molecular weight is 237 g/mol. The quantitative estimate of drug-likeness (QED) is 0.740. The molecule has 2 N–H and O–H groups in total. The van der Waals surface area contributed by atoms with Crippen LogP contribution in [-0.2, 0) is 4.79 Å². The van der Waals surface area contributed by atoms with Gasteiger partial charge in [0.25, 0.3) is 0 Å². The van der Waals surface area contributed by atoms with E-state index in [9.17, 15) is 4.79 Å². The fourth-order valence-electron chi connectivity index (χ4n) is 1.54. The smallest absolute Gasteiger partial charge is 0.306 e. The van der Waals surface area contributed by atoms with Crippen LogP contribution in [0.15, 0.2) is 6.07 Å². The average Bonchev–Trinajstić information content (AvgIpc) is 2.22. The fourth-order valence-corrected chi connectivity index (χ4v) is 1.54. The van der Waals surface area contributed by atoms with Gasteiger partial charge in [-0.3, -0.25) is 4.79 Å². The number of aliphatic carboxylic acids is 1. The maximum atomic E-state index is 10.6. The van der Waals surface area contributed by atoms with E-state index in [4.69, 9.17) is 5.11 Å². The minimum Gasteiger partial charge on any atom is -0.481 e. The third-order valence-electron chi connectivity index (χ3n) is 2.50. The van der Waals surface area contributed by atoms with E-state index in [0.717, 1.165) is 17.8 Å². The number of carboxylic acid groups (broad SMARTS) is 1. The summed E-state index contributed by atoms with van der Waals surface area (Å²) >= 11 is 0. The maximum Gasteiger partial charge on any atom is 0.306 e. The third-order valence-corrected chi connectivity index (χ3v) is 2.50. The fraction of sp³-hybridized carbons (Fsp3) is 0.583. The summed E-state index contributed by atoms with van der Waals surface area (Å²) in [5.41, 5.74) is 1.86. The Hall–Kier alpha value is -1.65. The highest BCUT2D eigenvalue weighted by Gasteiger charge is 2.09. The van der Waals surface area contributed by atoms with E-state index < -0.39 is 5.97 Å². The van der Waals surface area contributed by atoms with E-state index in [1.807, 2.05) is 19.9 Å². The van der Waals surface area contributed by atoms with Gasteiger partial charge in [0.1, 0.15) is 0 Å². The molecule has 1 heterocycles. The molecule has 0 radical (unpaired) electrons. The van der Waals surface area contributed by atoms with Gasteiger partial charge in [-0.1, -0.05) is 6.92 Å². The van der Waals surface area contributed by atoms with Crippen LogP contribution in [0, 0.1) is 19.8 Å². The van der Waals surface area contributed by atoms with Crippen molar-refractivity contribution in [3.05, 3.63) is 17.5 Å². The molecule has 0 aliphatic rings. The Bertz CT molecular complexity index is 373. The first-order valence-electron chi connectivity index (χ1n) is 5.78. The van der Waals surface area contributed by atoms with E-state index in [1.54, 1.807) is 6.92 Å². The topological polar surface area (TPSA) is 75.1 Å². The Labute approximate surface area is 101 Å². The first-order valence-corrected chi connectivity index (χ1v) is 5.78. The third kappa shape index (κ3) is 4.80. The van der Waals surface area contributed by atoms with Crippen molar-refractivity contribution < 1.29 is 9.90 Å². The van der Waals surface area contributed by atoms with E-state index in [-0.39, 0.29) is 5.92 Å². The van der Waals surface area contributed by atoms with Gasteiger partial charge in [-0.05, 0) is 32.8 Å². The second-order valence-corrected chi connectivity index (χ2v) is 4.28. The Morgan fingerprint density at radius 1 is 1.41 bits per heavy atom. The van der Waals surface area contributed by atoms with Gasteiger partial charge >= 0.3 is 5.97 Å². The van der Waals surface area contributed by atoms with Gasteiger partial charge in [-0.25, -0.2) is 9.97 Å². The van der Waals surface area contributed by atoms with Gasteiger partial charge in [0.2, 0.25) is 5.95 Å². The van der Waals surface area contributed by atoms with Crippen molar-refractivity contribution in [3.63, 3.8) is 0 Å². The zero-order valence-corrected chi connectivity index (χ0v) is 10.5. The number of hydrogen-bond donors (Lipinski definition) is 2. The highest BCUT2D eigenvalue weighted by Crippen LogP contribution is 2.07. The van der Waals surface area contributed by atoms with Crippen molar-refractivity contribution in [2.45, 2.75) is 33.6 Å². The number of hydrogen-bond acceptors (Lipinski definition) is 4. The highest BCUT2D eigenvalue weighted by atomic mass is 16.4. The molecule has 94 valence electrons. The summed E-state index contributed by atoms with van der Waals surface area (Å²) in [6.07, 6.45) is 1.46. The lowest BCUT2D eigenvalue weighted by Gasteiger charge is -2.08. The van der Waals surface area contributed by atoms with Gasteiger partial charge in [0.05, 0.1) is 5.92 Å². The summed E-state index contributed by atoms with van der Waals surface area (Å²) in [4.78, 5) is 19.1. The van der Waals surface area contributed by atoms with Crippen LogP contribution >= 0.6 is 0 Å². The molecule has 0 aliphatic heterocycles. The Balaban J connectivity index is 2.33. The number of aromatic nitrogens is 2. The molecule has 17 heavy (non-hydrogen) atoms. The second-order valence-electron chi connectivity index (χ2n) is 4.28. The molecule has 5 nitrogen and oxygen atoms in total. The molecular formula is C12H19N3O2. The summed E-state index contributed by atoms with van der Waals surface area (Å²) < 4.78 is 0. The predicted octanol–water partition coefficient (Wildman–Crippen LogP) is 2.01. The number of aryl methyl sites for hydroxylation is 2. The molecular weight excluding hydrogens is 218 g/mol. The standard InChI is InChI=1S/C12H19N3O2/c1-8(11(16)17)5-4-6-13-12-14-9(2)7-10(3)15-12/h7-8H,4-6H2,1-3H3,(H,16,17)(H,13,14,15). The van der Waals surface area contributed by atoms with Crippen molar-refractivity contribution in [2.24, 2.45) is 5.92 Å². The van der Waals surface area contributed by atoms with Gasteiger partial charge < -0.3 is 10.4 Å². The predicted molar refractivity (Wildman–Crippen MR) is 66.0 cm³/mol. The lowest BCUT2D eigenvalue weighted by molar-refractivity contribution is -0.141. The maximum absolute atomic E-state index is 10.6. The van der Waals surface area contributed by atoms with Crippen molar-refractivity contribution >= 4 is 11.9 Å². The molecule has 1 rings (SSSR count). The minimum atomic E-state index is -0.743. The SMILES string of the molecule is Cc1cc(C)nc(NCCCC(C)C(=O)O)n1. The summed E-state index contributed by atoms with van der Waals surface area (Å²) in [5.74, 6) is -0.421. The first-order chi connectivity index (χ1) is 7.99. The molecule has 0 bridgehead atoms. The molecule has 0 fully saturated rings. The Morgan fingerprint density at radius 2 is 2.00 bits per heavy atom. The summed E-state index contributed by atoms with van der Waals surface area (Å²) in [7, 11) is 0. The Morgan fingerprint density at radius 3 is 2.53 bits per heavy atom. The zero-order chi connectivity index (χ0) is 12.8. The molecule has 0 saturated carbocycles. The van der Waals surface area contributed by atoms with E-state index >= 15 is 0 Å². The van der Waals surface area contributed by atoms with Crippen LogP contribution in [0.1, 0.15) is 31.2 Å². The number of nitrogens with zero attached hydrogens (tertiary/aromatic N) is 2. The van der Waals surface area contributed by atoms with Crippen LogP contribution < -0.4 is 5.32 Å². The molecule has 5 heteroatoms. The molecule has 0 spiro atoms. The number of rotatable bonds is 6. The number of carbonyl (C=O) groups is 1.